The van der Waals surface area contributed by atoms with Gasteiger partial charge in [-0.1, -0.05) is 55.0 Å². The number of carboxylic acids is 1. The van der Waals surface area contributed by atoms with Crippen LogP contribution in [0.5, 0.6) is 0 Å². The Morgan fingerprint density at radius 2 is 1.62 bits per heavy atom. The minimum absolute atomic E-state index is 0.0177. The van der Waals surface area contributed by atoms with Crippen molar-refractivity contribution in [3.05, 3.63) is 59.7 Å². The third-order valence-corrected chi connectivity index (χ3v) is 6.83. The maximum atomic E-state index is 12.6. The Morgan fingerprint density at radius 1 is 0.941 bits per heavy atom. The zero-order chi connectivity index (χ0) is 23.9. The van der Waals surface area contributed by atoms with Crippen LogP contribution in [0.1, 0.15) is 62.0 Å². The van der Waals surface area contributed by atoms with E-state index >= 15 is 0 Å². The second kappa shape index (κ2) is 11.2. The van der Waals surface area contributed by atoms with Crippen molar-refractivity contribution in [2.75, 3.05) is 13.2 Å². The number of alkyl carbamates (subject to hydrolysis) is 1. The number of carbonyl (C=O) groups is 3. The van der Waals surface area contributed by atoms with Crippen LogP contribution in [0, 0.1) is 5.92 Å². The van der Waals surface area contributed by atoms with Crippen LogP contribution in [0.3, 0.4) is 0 Å². The van der Waals surface area contributed by atoms with Gasteiger partial charge in [-0.25, -0.2) is 4.79 Å². The number of amides is 2. The zero-order valence-corrected chi connectivity index (χ0v) is 19.3. The molecule has 34 heavy (non-hydrogen) atoms. The predicted octanol–water partition coefficient (Wildman–Crippen LogP) is 4.46. The lowest BCUT2D eigenvalue weighted by Gasteiger charge is -2.29. The highest BCUT2D eigenvalue weighted by Crippen LogP contribution is 2.44. The summed E-state index contributed by atoms with van der Waals surface area (Å²) in [4.78, 5) is 35.6. The largest absolute Gasteiger partial charge is 0.481 e. The van der Waals surface area contributed by atoms with Crippen molar-refractivity contribution in [2.45, 2.75) is 56.9 Å². The first-order chi connectivity index (χ1) is 16.5. The molecule has 2 aliphatic rings. The summed E-state index contributed by atoms with van der Waals surface area (Å²) in [5.41, 5.74) is 4.73. The molecule has 0 saturated heterocycles. The number of hydrogen-bond donors (Lipinski definition) is 3. The highest BCUT2D eigenvalue weighted by atomic mass is 16.5. The number of carboxylic acid groups (broad SMARTS) is 1. The molecule has 0 heterocycles. The van der Waals surface area contributed by atoms with Gasteiger partial charge in [-0.05, 0) is 54.4 Å². The Morgan fingerprint density at radius 3 is 2.29 bits per heavy atom. The van der Waals surface area contributed by atoms with Crippen LogP contribution in [-0.2, 0) is 14.3 Å². The zero-order valence-electron chi connectivity index (χ0n) is 19.3. The van der Waals surface area contributed by atoms with Crippen LogP contribution in [0.2, 0.25) is 0 Å². The molecule has 180 valence electrons. The van der Waals surface area contributed by atoms with Crippen molar-refractivity contribution in [1.29, 1.82) is 0 Å². The van der Waals surface area contributed by atoms with E-state index in [2.05, 4.69) is 34.9 Å². The lowest BCUT2D eigenvalue weighted by atomic mass is 9.85. The monoisotopic (exact) mass is 464 g/mol. The van der Waals surface area contributed by atoms with Gasteiger partial charge in [0, 0.05) is 30.8 Å². The fourth-order valence-corrected chi connectivity index (χ4v) is 5.12. The highest BCUT2D eigenvalue weighted by Gasteiger charge is 2.31. The van der Waals surface area contributed by atoms with Crippen LogP contribution >= 0.6 is 0 Å². The van der Waals surface area contributed by atoms with E-state index in [1.54, 1.807) is 0 Å². The Balaban J connectivity index is 1.24. The van der Waals surface area contributed by atoms with E-state index in [1.807, 2.05) is 24.3 Å². The normalized spacial score (nSPS) is 19.1. The number of aliphatic carboxylic acids is 1. The van der Waals surface area contributed by atoms with E-state index < -0.39 is 12.1 Å². The second-order valence-corrected chi connectivity index (χ2v) is 9.17. The maximum Gasteiger partial charge on any atom is 0.407 e. The number of unbranched alkanes of at least 4 members (excludes halogenated alkanes) is 1. The van der Waals surface area contributed by atoms with Gasteiger partial charge in [0.1, 0.15) is 6.61 Å². The number of rotatable bonds is 9. The van der Waals surface area contributed by atoms with Gasteiger partial charge in [-0.15, -0.1) is 0 Å². The second-order valence-electron chi connectivity index (χ2n) is 9.17. The van der Waals surface area contributed by atoms with Gasteiger partial charge in [0.05, 0.1) is 0 Å². The Bertz CT molecular complexity index is 992. The standard InChI is InChI=1S/C27H32N2O5/c30-25(31)14-5-6-15-28-26(32)18-8-7-9-19(16-18)29-27(33)34-17-24-22-12-3-1-10-20(22)21-11-2-4-13-23(21)24/h1-4,10-13,18-19,24H,5-9,14-17H2,(H,28,32)(H,29,33)(H,30,31). The van der Waals surface area contributed by atoms with Gasteiger partial charge in [0.25, 0.3) is 0 Å². The van der Waals surface area contributed by atoms with Gasteiger partial charge >= 0.3 is 12.1 Å². The van der Waals surface area contributed by atoms with Crippen molar-refractivity contribution in [1.82, 2.24) is 10.6 Å². The molecule has 3 N–H and O–H groups in total. The fraction of sp³-hybridized carbons (Fsp3) is 0.444. The van der Waals surface area contributed by atoms with Crippen LogP contribution < -0.4 is 10.6 Å². The highest BCUT2D eigenvalue weighted by molar-refractivity contribution is 5.80. The number of nitrogens with one attached hydrogen (secondary N) is 2. The molecular weight excluding hydrogens is 432 g/mol. The number of ether oxygens (including phenoxy) is 1. The number of fused-ring (bicyclic) bond motifs is 3. The molecule has 7 heteroatoms. The molecule has 2 unspecified atom stereocenters. The Hall–Kier alpha value is -3.35. The molecule has 7 nitrogen and oxygen atoms in total. The topological polar surface area (TPSA) is 105 Å². The molecule has 2 atom stereocenters. The molecule has 0 radical (unpaired) electrons. The molecule has 0 spiro atoms. The third kappa shape index (κ3) is 5.76. The predicted molar refractivity (Wildman–Crippen MR) is 128 cm³/mol. The van der Waals surface area contributed by atoms with E-state index in [9.17, 15) is 14.4 Å². The van der Waals surface area contributed by atoms with E-state index in [4.69, 9.17) is 9.84 Å². The lowest BCUT2D eigenvalue weighted by molar-refractivity contribution is -0.137. The minimum atomic E-state index is -0.819. The molecular formula is C27H32N2O5. The number of hydrogen-bond acceptors (Lipinski definition) is 4. The molecule has 0 bridgehead atoms. The SMILES string of the molecule is O=C(O)CCCCNC(=O)C1CCCC(NC(=O)OCC2c3ccccc3-c3ccccc32)C1. The summed E-state index contributed by atoms with van der Waals surface area (Å²) in [6, 6.07) is 16.4. The van der Waals surface area contributed by atoms with Crippen molar-refractivity contribution in [2.24, 2.45) is 5.92 Å². The maximum absolute atomic E-state index is 12.6. The first-order valence-corrected chi connectivity index (χ1v) is 12.1. The Labute approximate surface area is 199 Å². The molecule has 2 aliphatic carbocycles. The van der Waals surface area contributed by atoms with Crippen LogP contribution in [0.4, 0.5) is 4.79 Å². The molecule has 4 rings (SSSR count). The molecule has 0 aliphatic heterocycles. The third-order valence-electron chi connectivity index (χ3n) is 6.83. The summed E-state index contributed by atoms with van der Waals surface area (Å²) in [5.74, 6) is -0.966. The summed E-state index contributed by atoms with van der Waals surface area (Å²) in [6.45, 7) is 0.750. The summed E-state index contributed by atoms with van der Waals surface area (Å²) in [6.07, 6.45) is 3.94. The van der Waals surface area contributed by atoms with Gasteiger partial charge in [0.15, 0.2) is 0 Å². The van der Waals surface area contributed by atoms with Gasteiger partial charge in [-0.2, -0.15) is 0 Å². The van der Waals surface area contributed by atoms with E-state index in [1.165, 1.54) is 22.3 Å². The summed E-state index contributed by atoms with van der Waals surface area (Å²) in [5, 5.41) is 14.5. The summed E-state index contributed by atoms with van der Waals surface area (Å²) in [7, 11) is 0. The van der Waals surface area contributed by atoms with Gasteiger partial charge < -0.3 is 20.5 Å². The van der Waals surface area contributed by atoms with Crippen molar-refractivity contribution in [3.63, 3.8) is 0 Å². The Kier molecular flexibility index (Phi) is 7.83. The van der Waals surface area contributed by atoms with E-state index in [0.717, 1.165) is 19.3 Å². The van der Waals surface area contributed by atoms with Crippen molar-refractivity contribution >= 4 is 18.0 Å². The first kappa shape index (κ1) is 23.8. The number of carbonyl (C=O) groups excluding carboxylic acids is 2. The molecule has 2 aromatic carbocycles. The van der Waals surface area contributed by atoms with Gasteiger partial charge in [0.2, 0.25) is 5.91 Å². The molecule has 2 aromatic rings. The van der Waals surface area contributed by atoms with Crippen LogP contribution in [-0.4, -0.2) is 42.3 Å². The molecule has 1 saturated carbocycles. The minimum Gasteiger partial charge on any atom is -0.481 e. The average Bonchev–Trinajstić information content (AvgIpc) is 3.16. The molecule has 2 amide bonds. The number of benzene rings is 2. The van der Waals surface area contributed by atoms with Gasteiger partial charge in [-0.3, -0.25) is 9.59 Å². The fourth-order valence-electron chi connectivity index (χ4n) is 5.12. The van der Waals surface area contributed by atoms with Crippen LogP contribution in [0.15, 0.2) is 48.5 Å². The van der Waals surface area contributed by atoms with Crippen molar-refractivity contribution < 1.29 is 24.2 Å². The lowest BCUT2D eigenvalue weighted by Crippen LogP contribution is -2.43. The van der Waals surface area contributed by atoms with Crippen molar-refractivity contribution in [3.8, 4) is 11.1 Å². The smallest absolute Gasteiger partial charge is 0.407 e. The molecule has 0 aromatic heterocycles. The first-order valence-electron chi connectivity index (χ1n) is 12.1. The summed E-state index contributed by atoms with van der Waals surface area (Å²) < 4.78 is 5.65. The molecule has 1 fully saturated rings. The van der Waals surface area contributed by atoms with E-state index in [0.29, 0.717) is 25.8 Å². The average molecular weight is 465 g/mol. The summed E-state index contributed by atoms with van der Waals surface area (Å²) >= 11 is 0. The van der Waals surface area contributed by atoms with Crippen LogP contribution in [0.25, 0.3) is 11.1 Å². The van der Waals surface area contributed by atoms with E-state index in [-0.39, 0.29) is 36.8 Å². The quantitative estimate of drug-likeness (QED) is 0.476.